The Hall–Kier alpha value is -1.10. The molecule has 0 aliphatic carbocycles. The molecule has 2 aromatic heterocycles. The maximum absolute atomic E-state index is 11.0. The number of hydrogen-bond donors (Lipinski definition) is 1. The van der Waals surface area contributed by atoms with Crippen molar-refractivity contribution in [1.29, 1.82) is 0 Å². The molecule has 0 amide bonds. The van der Waals surface area contributed by atoms with Crippen LogP contribution in [0.4, 0.5) is 8.63 Å². The molecule has 0 aliphatic rings. The number of carbonyl (C=O) groups excluding carboxylic acids is 1. The molecule has 2 N–H and O–H groups in total. The summed E-state index contributed by atoms with van der Waals surface area (Å²) in [6, 6.07) is 7.37. The number of Topliss-reactive ketones (excluding diaryl/α,β-unsaturated/α-hetero) is 1. The van der Waals surface area contributed by atoms with Crippen molar-refractivity contribution in [3.8, 4) is 0 Å². The summed E-state index contributed by atoms with van der Waals surface area (Å²) in [7, 11) is -2.22. The minimum Gasteiger partial charge on any atom is -1.00 e. The van der Waals surface area contributed by atoms with E-state index >= 15 is 0 Å². The molecule has 2 heterocycles. The Morgan fingerprint density at radius 3 is 2.00 bits per heavy atom. The summed E-state index contributed by atoms with van der Waals surface area (Å²) in [6.45, 7) is 10.3. The van der Waals surface area contributed by atoms with Crippen molar-refractivity contribution in [3.05, 3.63) is 85.5 Å². The van der Waals surface area contributed by atoms with Gasteiger partial charge in [-0.25, -0.2) is 0 Å². The maximum Gasteiger partial charge on any atom is 1.00 e. The summed E-state index contributed by atoms with van der Waals surface area (Å²) < 4.78 is 21.9. The van der Waals surface area contributed by atoms with Crippen molar-refractivity contribution < 1.29 is 69.5 Å². The zero-order chi connectivity index (χ0) is 20.7. The molecule has 0 aliphatic heterocycles. The minimum absolute atomic E-state index is 0. The average Bonchev–Trinajstić information content (AvgIpc) is 2.64. The Bertz CT molecular complexity index is 690. The number of pyridine rings is 2. The summed E-state index contributed by atoms with van der Waals surface area (Å²) in [5.41, 5.74) is 7.41. The van der Waals surface area contributed by atoms with Crippen LogP contribution >= 0.6 is 0 Å². The van der Waals surface area contributed by atoms with Crippen molar-refractivity contribution >= 4 is 13.1 Å². The molecule has 0 bridgehead atoms. The van der Waals surface area contributed by atoms with Gasteiger partial charge in [0, 0.05) is 42.2 Å². The third-order valence-corrected chi connectivity index (χ3v) is 3.30. The van der Waals surface area contributed by atoms with E-state index in [9.17, 15) is 13.4 Å². The predicted molar refractivity (Wildman–Crippen MR) is 108 cm³/mol. The molecule has 0 fully saturated rings. The maximum atomic E-state index is 11.0. The molecule has 0 spiro atoms. The second kappa shape index (κ2) is 18.9. The van der Waals surface area contributed by atoms with Gasteiger partial charge in [-0.1, -0.05) is 18.2 Å². The molecular weight excluding hydrogens is 405 g/mol. The summed E-state index contributed by atoms with van der Waals surface area (Å²) in [5.74, 6) is 0.0584. The van der Waals surface area contributed by atoms with E-state index < -0.39 is 7.27 Å². The number of halogens is 3. The predicted octanol–water partition coefficient (Wildman–Crippen LogP) is -1.28. The Balaban J connectivity index is -0.000000357. The van der Waals surface area contributed by atoms with E-state index in [2.05, 4.69) is 23.1 Å². The number of rotatable bonds is 6. The number of carbonyl (C=O) groups is 1. The number of nitrogens with two attached hydrogens (primary N) is 1. The van der Waals surface area contributed by atoms with Gasteiger partial charge in [0.15, 0.2) is 5.78 Å². The molecular formula is C20H26BF3KN3O. The van der Waals surface area contributed by atoms with Crippen LogP contribution in [0.15, 0.2) is 74.4 Å². The van der Waals surface area contributed by atoms with Gasteiger partial charge < -0.3 is 10.4 Å². The van der Waals surface area contributed by atoms with Crippen LogP contribution in [-0.2, 0) is 5.54 Å². The van der Waals surface area contributed by atoms with Crippen molar-refractivity contribution in [1.82, 2.24) is 9.97 Å². The zero-order valence-corrected chi connectivity index (χ0v) is 20.3. The Labute approximate surface area is 214 Å². The Morgan fingerprint density at radius 2 is 1.72 bits per heavy atom. The number of allylic oxidation sites excluding steroid dienone is 1. The van der Waals surface area contributed by atoms with Crippen LogP contribution in [0.2, 0.25) is 6.32 Å². The van der Waals surface area contributed by atoms with Crippen LogP contribution in [0.1, 0.15) is 36.2 Å². The Morgan fingerprint density at radius 1 is 1.17 bits per heavy atom. The van der Waals surface area contributed by atoms with Crippen molar-refractivity contribution in [2.24, 2.45) is 5.73 Å². The largest absolute Gasteiger partial charge is 1.00 e. The molecule has 29 heavy (non-hydrogen) atoms. The van der Waals surface area contributed by atoms with E-state index in [1.165, 1.54) is 13.0 Å². The van der Waals surface area contributed by atoms with E-state index in [0.29, 0.717) is 5.56 Å². The third-order valence-electron chi connectivity index (χ3n) is 3.30. The monoisotopic (exact) mass is 431 g/mol. The summed E-state index contributed by atoms with van der Waals surface area (Å²) in [5, 5.41) is 0. The molecule has 0 aromatic carbocycles. The first-order valence-corrected chi connectivity index (χ1v) is 8.34. The van der Waals surface area contributed by atoms with E-state index in [0.717, 1.165) is 12.0 Å². The van der Waals surface area contributed by atoms with Crippen LogP contribution in [0.5, 0.6) is 0 Å². The molecule has 0 saturated heterocycles. The van der Waals surface area contributed by atoms with Crippen LogP contribution in [0.3, 0.4) is 0 Å². The van der Waals surface area contributed by atoms with Gasteiger partial charge in [0.1, 0.15) is 0 Å². The van der Waals surface area contributed by atoms with Crippen molar-refractivity contribution in [2.75, 3.05) is 0 Å². The quantitative estimate of drug-likeness (QED) is 0.352. The number of hydrogen-bond acceptors (Lipinski definition) is 4. The van der Waals surface area contributed by atoms with E-state index in [4.69, 9.17) is 5.73 Å². The first kappa shape index (κ1) is 32.6. The smallest absolute Gasteiger partial charge is 1.00 e. The van der Waals surface area contributed by atoms with E-state index in [1.54, 1.807) is 36.9 Å². The van der Waals surface area contributed by atoms with Gasteiger partial charge in [-0.15, -0.1) is 13.2 Å². The second-order valence-corrected chi connectivity index (χ2v) is 5.87. The van der Waals surface area contributed by atoms with Crippen molar-refractivity contribution in [3.63, 3.8) is 0 Å². The Kier molecular flexibility index (Phi) is 21.2. The molecule has 1 atom stereocenters. The molecule has 152 valence electrons. The first-order chi connectivity index (χ1) is 12.7. The number of ketones is 1. The van der Waals surface area contributed by atoms with Crippen LogP contribution in [-0.4, -0.2) is 23.0 Å². The fraction of sp³-hybridized carbons (Fsp3) is 0.250. The standard InChI is InChI=1S/C10H14N2.C7H7NO.C3H5BF2.FH.K/c1-3-6-10(2,11)9-5-4-7-12-8-9;1-6(9)7-3-2-4-8-5-7;1-2-3-4(5)6;;/h3-5,7-8H,1,6,11H2,2H3;2-5H,1H3;2H,1,3H2;1H;/q;;;;+1/p-1. The number of nitrogens with zero attached hydrogens (tertiary/aromatic N) is 2. The fourth-order valence-corrected chi connectivity index (χ4v) is 1.82. The normalized spacial score (nSPS) is 10.7. The third kappa shape index (κ3) is 16.4. The van der Waals surface area contributed by atoms with Gasteiger partial charge in [0.05, 0.1) is 0 Å². The van der Waals surface area contributed by atoms with Gasteiger partial charge in [-0.2, -0.15) is 0 Å². The van der Waals surface area contributed by atoms with Gasteiger partial charge >= 0.3 is 58.7 Å². The molecule has 2 rings (SSSR count). The average molecular weight is 431 g/mol. The molecule has 0 saturated carbocycles. The first-order valence-electron chi connectivity index (χ1n) is 8.34. The molecule has 0 radical (unpaired) electrons. The number of aromatic nitrogens is 2. The minimum atomic E-state index is -2.22. The molecule has 4 nitrogen and oxygen atoms in total. The van der Waals surface area contributed by atoms with E-state index in [-0.39, 0.29) is 73.7 Å². The van der Waals surface area contributed by atoms with Gasteiger partial charge in [0.25, 0.3) is 0 Å². The summed E-state index contributed by atoms with van der Waals surface area (Å²) >= 11 is 0. The van der Waals surface area contributed by atoms with E-state index in [1.807, 2.05) is 25.1 Å². The second-order valence-electron chi connectivity index (χ2n) is 5.87. The van der Waals surface area contributed by atoms with Gasteiger partial charge in [0.2, 0.25) is 0 Å². The molecule has 9 heteroatoms. The topological polar surface area (TPSA) is 68.9 Å². The van der Waals surface area contributed by atoms with Crippen LogP contribution < -0.4 is 61.8 Å². The molecule has 2 aromatic rings. The zero-order valence-electron chi connectivity index (χ0n) is 17.2. The van der Waals surface area contributed by atoms with Gasteiger partial charge in [-0.3, -0.25) is 23.4 Å². The van der Waals surface area contributed by atoms with Crippen LogP contribution in [0.25, 0.3) is 0 Å². The SMILES string of the molecule is C=CCB(F)F.C=CCC(C)(N)c1cccnc1.CC(=O)c1cccnc1.[F-].[K+]. The van der Waals surface area contributed by atoms with Gasteiger partial charge in [-0.05, 0) is 44.0 Å². The van der Waals surface area contributed by atoms with Crippen LogP contribution in [0, 0.1) is 0 Å². The fourth-order valence-electron chi connectivity index (χ4n) is 1.82. The summed E-state index contributed by atoms with van der Waals surface area (Å²) in [4.78, 5) is 18.4. The summed E-state index contributed by atoms with van der Waals surface area (Å²) in [6.07, 6.45) is 10.3. The van der Waals surface area contributed by atoms with Crippen molar-refractivity contribution in [2.45, 2.75) is 32.1 Å². The molecule has 1 unspecified atom stereocenters.